The van der Waals surface area contributed by atoms with E-state index in [-0.39, 0.29) is 11.4 Å². The SMILES string of the molecule is CCCNCCCOc1ccc(Cl)cc1[N+](=O)[O-]. The van der Waals surface area contributed by atoms with Crippen molar-refractivity contribution < 1.29 is 9.66 Å². The van der Waals surface area contributed by atoms with E-state index >= 15 is 0 Å². The number of hydrogen-bond donors (Lipinski definition) is 1. The lowest BCUT2D eigenvalue weighted by atomic mass is 10.3. The van der Waals surface area contributed by atoms with Crippen LogP contribution in [-0.2, 0) is 0 Å². The Kier molecular flexibility index (Phi) is 6.46. The summed E-state index contributed by atoms with van der Waals surface area (Å²) in [5.74, 6) is 0.264. The molecule has 100 valence electrons. The second kappa shape index (κ2) is 7.89. The van der Waals surface area contributed by atoms with Gasteiger partial charge in [0.25, 0.3) is 0 Å². The molecule has 0 heterocycles. The van der Waals surface area contributed by atoms with Crippen molar-refractivity contribution in [1.82, 2.24) is 5.32 Å². The van der Waals surface area contributed by atoms with E-state index in [2.05, 4.69) is 12.2 Å². The molecule has 0 amide bonds. The molecule has 5 nitrogen and oxygen atoms in total. The molecule has 0 aliphatic heterocycles. The molecule has 1 rings (SSSR count). The highest BCUT2D eigenvalue weighted by molar-refractivity contribution is 6.30. The molecule has 0 bridgehead atoms. The number of nitro groups is 1. The fraction of sp³-hybridized carbons (Fsp3) is 0.500. The quantitative estimate of drug-likeness (QED) is 0.449. The van der Waals surface area contributed by atoms with Gasteiger partial charge in [0.15, 0.2) is 5.75 Å². The van der Waals surface area contributed by atoms with Gasteiger partial charge in [-0.3, -0.25) is 10.1 Å². The number of nitrogens with zero attached hydrogens (tertiary/aromatic N) is 1. The van der Waals surface area contributed by atoms with E-state index in [1.807, 2.05) is 0 Å². The van der Waals surface area contributed by atoms with Gasteiger partial charge in [0, 0.05) is 11.1 Å². The minimum absolute atomic E-state index is 0.0935. The standard InChI is InChI=1S/C12H17ClN2O3/c1-2-6-14-7-3-8-18-12-5-4-10(13)9-11(12)15(16)17/h4-5,9,14H,2-3,6-8H2,1H3. The van der Waals surface area contributed by atoms with E-state index in [0.29, 0.717) is 11.6 Å². The molecule has 1 aromatic carbocycles. The third-order valence-corrected chi connectivity index (χ3v) is 2.54. The minimum Gasteiger partial charge on any atom is -0.487 e. The Morgan fingerprint density at radius 2 is 2.22 bits per heavy atom. The van der Waals surface area contributed by atoms with Gasteiger partial charge in [-0.1, -0.05) is 18.5 Å². The van der Waals surface area contributed by atoms with Crippen LogP contribution < -0.4 is 10.1 Å². The minimum atomic E-state index is -0.490. The first-order valence-electron chi connectivity index (χ1n) is 5.92. The summed E-state index contributed by atoms with van der Waals surface area (Å²) in [7, 11) is 0. The number of halogens is 1. The lowest BCUT2D eigenvalue weighted by Gasteiger charge is -2.07. The van der Waals surface area contributed by atoms with Crippen molar-refractivity contribution in [2.75, 3.05) is 19.7 Å². The first kappa shape index (κ1) is 14.7. The van der Waals surface area contributed by atoms with Crippen molar-refractivity contribution in [3.8, 4) is 5.75 Å². The summed E-state index contributed by atoms with van der Waals surface area (Å²) in [5, 5.41) is 14.4. The second-order valence-electron chi connectivity index (χ2n) is 3.82. The van der Waals surface area contributed by atoms with Crippen LogP contribution in [0.4, 0.5) is 5.69 Å². The van der Waals surface area contributed by atoms with Gasteiger partial charge in [0.1, 0.15) is 0 Å². The first-order valence-corrected chi connectivity index (χ1v) is 6.30. The average Bonchev–Trinajstić information content (AvgIpc) is 2.35. The zero-order chi connectivity index (χ0) is 13.4. The predicted octanol–water partition coefficient (Wildman–Crippen LogP) is 3.02. The fourth-order valence-corrected chi connectivity index (χ4v) is 1.60. The van der Waals surface area contributed by atoms with Crippen LogP contribution >= 0.6 is 11.6 Å². The van der Waals surface area contributed by atoms with Gasteiger partial charge in [-0.05, 0) is 38.1 Å². The van der Waals surface area contributed by atoms with Gasteiger partial charge in [0.05, 0.1) is 11.5 Å². The molecule has 1 aromatic rings. The second-order valence-corrected chi connectivity index (χ2v) is 4.26. The monoisotopic (exact) mass is 272 g/mol. The summed E-state index contributed by atoms with van der Waals surface area (Å²) >= 11 is 5.71. The maximum atomic E-state index is 10.8. The topological polar surface area (TPSA) is 64.4 Å². The Hall–Kier alpha value is -1.33. The highest BCUT2D eigenvalue weighted by Crippen LogP contribution is 2.29. The molecular weight excluding hydrogens is 256 g/mol. The Morgan fingerprint density at radius 1 is 1.44 bits per heavy atom. The molecule has 18 heavy (non-hydrogen) atoms. The molecule has 1 N–H and O–H groups in total. The normalized spacial score (nSPS) is 10.3. The third-order valence-electron chi connectivity index (χ3n) is 2.30. The van der Waals surface area contributed by atoms with Gasteiger partial charge in [-0.15, -0.1) is 0 Å². The zero-order valence-electron chi connectivity index (χ0n) is 10.3. The molecule has 0 saturated heterocycles. The Labute approximate surface area is 111 Å². The summed E-state index contributed by atoms with van der Waals surface area (Å²) in [6, 6.07) is 4.41. The molecule has 0 aliphatic rings. The van der Waals surface area contributed by atoms with Crippen LogP contribution in [0.3, 0.4) is 0 Å². The number of hydrogen-bond acceptors (Lipinski definition) is 4. The summed E-state index contributed by atoms with van der Waals surface area (Å²) in [5.41, 5.74) is -0.0935. The number of benzene rings is 1. The molecule has 6 heteroatoms. The van der Waals surface area contributed by atoms with Crippen molar-refractivity contribution >= 4 is 17.3 Å². The van der Waals surface area contributed by atoms with E-state index in [1.165, 1.54) is 12.1 Å². The highest BCUT2D eigenvalue weighted by atomic mass is 35.5. The zero-order valence-corrected chi connectivity index (χ0v) is 11.1. The molecule has 0 saturated carbocycles. The Balaban J connectivity index is 2.44. The molecule has 0 spiro atoms. The Morgan fingerprint density at radius 3 is 2.89 bits per heavy atom. The maximum Gasteiger partial charge on any atom is 0.312 e. The molecule has 0 aromatic heterocycles. The molecular formula is C12H17ClN2O3. The summed E-state index contributed by atoms with van der Waals surface area (Å²) in [4.78, 5) is 10.3. The van der Waals surface area contributed by atoms with Crippen LogP contribution in [0, 0.1) is 10.1 Å². The lowest BCUT2D eigenvalue weighted by molar-refractivity contribution is -0.385. The highest BCUT2D eigenvalue weighted by Gasteiger charge is 2.15. The lowest BCUT2D eigenvalue weighted by Crippen LogP contribution is -2.18. The van der Waals surface area contributed by atoms with Gasteiger partial charge >= 0.3 is 5.69 Å². The summed E-state index contributed by atoms with van der Waals surface area (Å²) in [6.07, 6.45) is 1.89. The number of rotatable bonds is 8. The van der Waals surface area contributed by atoms with Gasteiger partial charge in [-0.25, -0.2) is 0 Å². The van der Waals surface area contributed by atoms with Crippen molar-refractivity contribution in [1.29, 1.82) is 0 Å². The molecule has 0 fully saturated rings. The van der Waals surface area contributed by atoms with Crippen LogP contribution in [0.2, 0.25) is 5.02 Å². The molecule has 0 atom stereocenters. The number of nitrogens with one attached hydrogen (secondary N) is 1. The predicted molar refractivity (Wildman–Crippen MR) is 71.4 cm³/mol. The van der Waals surface area contributed by atoms with E-state index in [4.69, 9.17) is 16.3 Å². The van der Waals surface area contributed by atoms with Crippen LogP contribution in [-0.4, -0.2) is 24.6 Å². The van der Waals surface area contributed by atoms with Crippen molar-refractivity contribution in [3.05, 3.63) is 33.3 Å². The van der Waals surface area contributed by atoms with E-state index < -0.39 is 4.92 Å². The van der Waals surface area contributed by atoms with Gasteiger partial charge in [-0.2, -0.15) is 0 Å². The number of ether oxygens (including phenoxy) is 1. The summed E-state index contributed by atoms with van der Waals surface area (Å²) in [6.45, 7) is 4.36. The summed E-state index contributed by atoms with van der Waals surface area (Å²) < 4.78 is 5.39. The van der Waals surface area contributed by atoms with Crippen molar-refractivity contribution in [3.63, 3.8) is 0 Å². The number of nitro benzene ring substituents is 1. The van der Waals surface area contributed by atoms with Crippen molar-refractivity contribution in [2.45, 2.75) is 19.8 Å². The van der Waals surface area contributed by atoms with Crippen LogP contribution in [0.25, 0.3) is 0 Å². The first-order chi connectivity index (χ1) is 8.65. The van der Waals surface area contributed by atoms with Crippen molar-refractivity contribution in [2.24, 2.45) is 0 Å². The van der Waals surface area contributed by atoms with E-state index in [1.54, 1.807) is 6.07 Å². The van der Waals surface area contributed by atoms with E-state index in [0.717, 1.165) is 25.9 Å². The fourth-order valence-electron chi connectivity index (χ4n) is 1.44. The van der Waals surface area contributed by atoms with Crippen LogP contribution in [0.15, 0.2) is 18.2 Å². The third kappa shape index (κ3) is 4.89. The van der Waals surface area contributed by atoms with Crippen LogP contribution in [0.1, 0.15) is 19.8 Å². The average molecular weight is 273 g/mol. The van der Waals surface area contributed by atoms with E-state index in [9.17, 15) is 10.1 Å². The Bertz CT molecular complexity index is 399. The molecule has 0 radical (unpaired) electrons. The maximum absolute atomic E-state index is 10.8. The molecule has 0 aliphatic carbocycles. The molecule has 0 unspecified atom stereocenters. The van der Waals surface area contributed by atoms with Gasteiger partial charge in [0.2, 0.25) is 0 Å². The van der Waals surface area contributed by atoms with Gasteiger partial charge < -0.3 is 10.1 Å². The van der Waals surface area contributed by atoms with Crippen LogP contribution in [0.5, 0.6) is 5.75 Å². The largest absolute Gasteiger partial charge is 0.487 e. The smallest absolute Gasteiger partial charge is 0.312 e.